The summed E-state index contributed by atoms with van der Waals surface area (Å²) in [7, 11) is 1.27. The summed E-state index contributed by atoms with van der Waals surface area (Å²) < 4.78 is 10.7. The van der Waals surface area contributed by atoms with E-state index in [1.165, 1.54) is 16.9 Å². The second kappa shape index (κ2) is 9.26. The molecule has 4 rings (SSSR count). The van der Waals surface area contributed by atoms with Gasteiger partial charge < -0.3 is 19.7 Å². The van der Waals surface area contributed by atoms with E-state index in [4.69, 9.17) is 9.47 Å². The number of hydrogen-bond donors (Lipinski definition) is 1. The number of ether oxygens (including phenoxy) is 2. The van der Waals surface area contributed by atoms with Crippen molar-refractivity contribution in [2.45, 2.75) is 82.5 Å². The highest BCUT2D eigenvalue weighted by Gasteiger charge is 2.64. The first-order chi connectivity index (χ1) is 16.9. The number of carbonyl (C=O) groups excluding carboxylic acids is 4. The molecule has 36 heavy (non-hydrogen) atoms. The van der Waals surface area contributed by atoms with Gasteiger partial charge in [0.2, 0.25) is 11.8 Å². The Bertz CT molecular complexity index is 1110. The summed E-state index contributed by atoms with van der Waals surface area (Å²) in [6.07, 6.45) is 0.914. The third kappa shape index (κ3) is 4.24. The monoisotopic (exact) mass is 497 g/mol. The minimum absolute atomic E-state index is 0.0887. The van der Waals surface area contributed by atoms with E-state index in [0.717, 1.165) is 11.1 Å². The van der Waals surface area contributed by atoms with Gasteiger partial charge in [-0.3, -0.25) is 14.5 Å². The van der Waals surface area contributed by atoms with Crippen LogP contribution in [0.5, 0.6) is 0 Å². The summed E-state index contributed by atoms with van der Waals surface area (Å²) >= 11 is 0. The maximum atomic E-state index is 14.2. The van der Waals surface area contributed by atoms with Crippen LogP contribution in [-0.4, -0.2) is 71.1 Å². The number of methoxy groups -OCH3 is 1. The lowest BCUT2D eigenvalue weighted by Crippen LogP contribution is -2.56. The Morgan fingerprint density at radius 3 is 2.53 bits per heavy atom. The molecule has 0 radical (unpaired) electrons. The van der Waals surface area contributed by atoms with Crippen molar-refractivity contribution in [3.63, 3.8) is 0 Å². The van der Waals surface area contributed by atoms with Gasteiger partial charge in [-0.15, -0.1) is 6.58 Å². The van der Waals surface area contributed by atoms with Crippen LogP contribution in [-0.2, 0) is 29.3 Å². The topological polar surface area (TPSA) is 105 Å². The van der Waals surface area contributed by atoms with Crippen LogP contribution in [0.15, 0.2) is 36.4 Å². The van der Waals surface area contributed by atoms with Crippen LogP contribution in [0.3, 0.4) is 0 Å². The Kier molecular flexibility index (Phi) is 6.62. The molecular weight excluding hydrogens is 462 g/mol. The van der Waals surface area contributed by atoms with Crippen molar-refractivity contribution in [2.75, 3.05) is 19.0 Å². The van der Waals surface area contributed by atoms with Gasteiger partial charge in [-0.2, -0.15) is 0 Å². The molecule has 1 unspecified atom stereocenters. The maximum Gasteiger partial charge on any atom is 0.410 e. The Balaban J connectivity index is 1.79. The zero-order chi connectivity index (χ0) is 26.4. The Hall–Kier alpha value is -3.36. The lowest BCUT2D eigenvalue weighted by Gasteiger charge is -2.37. The zero-order valence-corrected chi connectivity index (χ0v) is 21.6. The molecule has 0 aromatic heterocycles. The van der Waals surface area contributed by atoms with Crippen LogP contribution in [0.4, 0.5) is 10.5 Å². The Morgan fingerprint density at radius 1 is 1.19 bits per heavy atom. The highest BCUT2D eigenvalue weighted by Crippen LogP contribution is 2.52. The first-order valence-corrected chi connectivity index (χ1v) is 12.4. The molecule has 3 amide bonds. The van der Waals surface area contributed by atoms with Gasteiger partial charge >= 0.3 is 12.1 Å². The number of rotatable bonds is 4. The highest BCUT2D eigenvalue weighted by molar-refractivity contribution is 6.09. The number of likely N-dealkylation sites (tertiary alicyclic amines) is 2. The second-order valence-corrected chi connectivity index (χ2v) is 11.0. The summed E-state index contributed by atoms with van der Waals surface area (Å²) in [6, 6.07) is 4.91. The van der Waals surface area contributed by atoms with Gasteiger partial charge in [0.25, 0.3) is 0 Å². The Morgan fingerprint density at radius 2 is 1.89 bits per heavy atom. The van der Waals surface area contributed by atoms with Gasteiger partial charge in [0, 0.05) is 12.2 Å². The number of carbonyl (C=O) groups is 4. The molecule has 3 heterocycles. The predicted octanol–water partition coefficient (Wildman–Crippen LogP) is 3.38. The SMILES string of the molecule is C=C(C)C[C@H]1N(C(=O)[C@@H]2CCCN2C(=O)OC(C)(C)C)C(C(=O)OC)C[C@@]12C(=O)Nc1ccccc12. The fourth-order valence-electron chi connectivity index (χ4n) is 5.84. The third-order valence-electron chi connectivity index (χ3n) is 7.25. The number of nitrogens with one attached hydrogen (secondary N) is 1. The van der Waals surface area contributed by atoms with Gasteiger partial charge in [0.15, 0.2) is 0 Å². The molecule has 2 saturated heterocycles. The normalized spacial score (nSPS) is 27.1. The van der Waals surface area contributed by atoms with Gasteiger partial charge in [0.05, 0.1) is 18.6 Å². The van der Waals surface area contributed by atoms with Crippen molar-refractivity contribution in [1.29, 1.82) is 0 Å². The summed E-state index contributed by atoms with van der Waals surface area (Å²) in [5.41, 5.74) is 0.340. The summed E-state index contributed by atoms with van der Waals surface area (Å²) in [5, 5.41) is 2.95. The number of fused-ring (bicyclic) bond motifs is 2. The number of esters is 1. The molecule has 0 saturated carbocycles. The fourth-order valence-corrected chi connectivity index (χ4v) is 5.84. The lowest BCUT2D eigenvalue weighted by atomic mass is 9.72. The fraction of sp³-hybridized carbons (Fsp3) is 0.556. The molecule has 1 aromatic carbocycles. The number of anilines is 1. The van der Waals surface area contributed by atoms with Crippen LogP contribution < -0.4 is 5.32 Å². The molecule has 3 aliphatic heterocycles. The molecule has 0 bridgehead atoms. The third-order valence-corrected chi connectivity index (χ3v) is 7.25. The predicted molar refractivity (Wildman–Crippen MR) is 133 cm³/mol. The minimum atomic E-state index is -1.14. The standard InChI is InChI=1S/C27H35N3O6/c1-16(2)14-21-27(17-10-7-8-11-18(17)28-24(27)33)15-20(23(32)35-6)30(21)22(31)19-12-9-13-29(19)25(34)36-26(3,4)5/h7-8,10-11,19-21H,1,9,12-15H2,2-6H3,(H,28,33)/t19-,20?,21+,27-/m0/s1. The first-order valence-electron chi connectivity index (χ1n) is 12.4. The second-order valence-electron chi connectivity index (χ2n) is 11.0. The quantitative estimate of drug-likeness (QED) is 0.505. The smallest absolute Gasteiger partial charge is 0.410 e. The van der Waals surface area contributed by atoms with Crippen molar-refractivity contribution >= 4 is 29.6 Å². The number of amides is 3. The number of para-hydroxylation sites is 1. The zero-order valence-electron chi connectivity index (χ0n) is 21.6. The molecule has 1 aromatic rings. The molecule has 3 aliphatic rings. The Labute approximate surface area is 211 Å². The van der Waals surface area contributed by atoms with E-state index in [2.05, 4.69) is 11.9 Å². The van der Waals surface area contributed by atoms with Crippen molar-refractivity contribution in [3.8, 4) is 0 Å². The first kappa shape index (κ1) is 25.7. The van der Waals surface area contributed by atoms with Crippen LogP contribution in [0.1, 0.15) is 58.9 Å². The number of nitrogens with zero attached hydrogens (tertiary/aromatic N) is 2. The number of hydrogen-bond acceptors (Lipinski definition) is 6. The highest BCUT2D eigenvalue weighted by atomic mass is 16.6. The summed E-state index contributed by atoms with van der Waals surface area (Å²) in [6.45, 7) is 11.6. The van der Waals surface area contributed by atoms with Gasteiger partial charge in [-0.05, 0) is 65.0 Å². The van der Waals surface area contributed by atoms with Crippen LogP contribution in [0.2, 0.25) is 0 Å². The van der Waals surface area contributed by atoms with Gasteiger partial charge in [-0.25, -0.2) is 9.59 Å². The molecule has 9 nitrogen and oxygen atoms in total. The number of benzene rings is 1. The van der Waals surface area contributed by atoms with Crippen molar-refractivity contribution < 1.29 is 28.7 Å². The molecule has 9 heteroatoms. The molecule has 2 fully saturated rings. The minimum Gasteiger partial charge on any atom is -0.467 e. The lowest BCUT2D eigenvalue weighted by molar-refractivity contribution is -0.154. The van der Waals surface area contributed by atoms with E-state index in [9.17, 15) is 19.2 Å². The van der Waals surface area contributed by atoms with E-state index in [0.29, 0.717) is 31.5 Å². The molecule has 1 N–H and O–H groups in total. The van der Waals surface area contributed by atoms with Crippen molar-refractivity contribution in [3.05, 3.63) is 42.0 Å². The molecule has 194 valence electrons. The van der Waals surface area contributed by atoms with E-state index in [1.54, 1.807) is 20.8 Å². The van der Waals surface area contributed by atoms with E-state index in [1.807, 2.05) is 31.2 Å². The molecule has 0 aliphatic carbocycles. The van der Waals surface area contributed by atoms with Crippen molar-refractivity contribution in [2.24, 2.45) is 0 Å². The molecule has 4 atom stereocenters. The van der Waals surface area contributed by atoms with E-state index in [-0.39, 0.29) is 18.2 Å². The van der Waals surface area contributed by atoms with Crippen LogP contribution in [0, 0.1) is 0 Å². The van der Waals surface area contributed by atoms with E-state index < -0.39 is 41.2 Å². The van der Waals surface area contributed by atoms with Gasteiger partial charge in [-0.1, -0.05) is 23.8 Å². The van der Waals surface area contributed by atoms with E-state index >= 15 is 0 Å². The summed E-state index contributed by atoms with van der Waals surface area (Å²) in [5.74, 6) is -1.23. The van der Waals surface area contributed by atoms with Crippen molar-refractivity contribution in [1.82, 2.24) is 9.80 Å². The average Bonchev–Trinajstić information content (AvgIpc) is 3.48. The summed E-state index contributed by atoms with van der Waals surface area (Å²) in [4.78, 5) is 56.8. The van der Waals surface area contributed by atoms with Crippen LogP contribution >= 0.6 is 0 Å². The van der Waals surface area contributed by atoms with Crippen LogP contribution in [0.25, 0.3) is 0 Å². The average molecular weight is 498 g/mol. The maximum absolute atomic E-state index is 14.2. The molecule has 1 spiro atoms. The largest absolute Gasteiger partial charge is 0.467 e. The van der Waals surface area contributed by atoms with Gasteiger partial charge in [0.1, 0.15) is 17.7 Å². The molecular formula is C27H35N3O6.